The number of benzene rings is 1. The fourth-order valence-electron chi connectivity index (χ4n) is 3.75. The number of aromatic amines is 1. The predicted molar refractivity (Wildman–Crippen MR) is 91.7 cm³/mol. The van der Waals surface area contributed by atoms with Crippen molar-refractivity contribution in [1.29, 1.82) is 0 Å². The van der Waals surface area contributed by atoms with Gasteiger partial charge in [0, 0.05) is 11.1 Å². The zero-order valence-electron chi connectivity index (χ0n) is 13.8. The minimum absolute atomic E-state index is 0.109. The van der Waals surface area contributed by atoms with Gasteiger partial charge in [0.2, 0.25) is 5.91 Å². The summed E-state index contributed by atoms with van der Waals surface area (Å²) in [5.74, 6) is -1.03. The van der Waals surface area contributed by atoms with Crippen molar-refractivity contribution in [3.63, 3.8) is 0 Å². The molecule has 1 atom stereocenters. The number of rotatable bonds is 5. The van der Waals surface area contributed by atoms with Crippen molar-refractivity contribution in [2.75, 3.05) is 5.32 Å². The molecule has 0 bridgehead atoms. The van der Waals surface area contributed by atoms with E-state index in [1.54, 1.807) is 13.1 Å². The Morgan fingerprint density at radius 2 is 2.08 bits per heavy atom. The van der Waals surface area contributed by atoms with Crippen molar-refractivity contribution < 1.29 is 14.7 Å². The zero-order chi connectivity index (χ0) is 17.2. The van der Waals surface area contributed by atoms with Crippen LogP contribution in [0.3, 0.4) is 0 Å². The normalized spacial score (nSPS) is 18.2. The van der Waals surface area contributed by atoms with E-state index in [0.717, 1.165) is 43.0 Å². The predicted octanol–water partition coefficient (Wildman–Crippen LogP) is 3.56. The highest BCUT2D eigenvalue weighted by Crippen LogP contribution is 2.42. The van der Waals surface area contributed by atoms with Crippen molar-refractivity contribution in [2.45, 2.75) is 45.4 Å². The maximum Gasteiger partial charge on any atom is 0.304 e. The van der Waals surface area contributed by atoms with Crippen molar-refractivity contribution in [3.8, 4) is 0 Å². The van der Waals surface area contributed by atoms with Crippen LogP contribution in [0.15, 0.2) is 24.4 Å². The molecule has 1 aromatic heterocycles. The van der Waals surface area contributed by atoms with E-state index in [1.807, 2.05) is 18.2 Å². The van der Waals surface area contributed by atoms with E-state index in [0.29, 0.717) is 5.69 Å². The molecule has 3 rings (SSSR count). The van der Waals surface area contributed by atoms with Crippen LogP contribution in [-0.4, -0.2) is 27.2 Å². The number of aromatic nitrogens is 2. The average molecular weight is 329 g/mol. The highest BCUT2D eigenvalue weighted by atomic mass is 16.4. The molecular weight excluding hydrogens is 306 g/mol. The standard InChI is InChI=1S/C18H23N3O3/c1-18(10-16(22)23,13-5-3-2-4-6-13)17(24)20-14-8-7-12-11-19-21-15(12)9-14/h7-9,11,13H,2-6,10H2,1H3,(H,19,21)(H,20,24)(H,22,23)/t18-/m1/s1. The largest absolute Gasteiger partial charge is 0.481 e. The lowest BCUT2D eigenvalue weighted by atomic mass is 9.67. The Balaban J connectivity index is 1.82. The number of nitrogens with one attached hydrogen (secondary N) is 2. The highest BCUT2D eigenvalue weighted by molar-refractivity contribution is 5.98. The Hall–Kier alpha value is -2.37. The molecule has 0 aliphatic heterocycles. The third-order valence-electron chi connectivity index (χ3n) is 5.24. The van der Waals surface area contributed by atoms with E-state index in [9.17, 15) is 14.7 Å². The summed E-state index contributed by atoms with van der Waals surface area (Å²) in [6.45, 7) is 1.79. The van der Waals surface area contributed by atoms with Crippen LogP contribution in [0.4, 0.5) is 5.69 Å². The van der Waals surface area contributed by atoms with E-state index < -0.39 is 11.4 Å². The van der Waals surface area contributed by atoms with Crippen LogP contribution in [0.2, 0.25) is 0 Å². The van der Waals surface area contributed by atoms with E-state index in [1.165, 1.54) is 0 Å². The number of amides is 1. The average Bonchev–Trinajstić information content (AvgIpc) is 3.02. The minimum atomic E-state index is -0.928. The number of carbonyl (C=O) groups excluding carboxylic acids is 1. The van der Waals surface area contributed by atoms with Crippen LogP contribution < -0.4 is 5.32 Å². The molecule has 1 aliphatic carbocycles. The number of carbonyl (C=O) groups is 2. The van der Waals surface area contributed by atoms with Gasteiger partial charge in [0.15, 0.2) is 0 Å². The molecule has 3 N–H and O–H groups in total. The topological polar surface area (TPSA) is 95.1 Å². The van der Waals surface area contributed by atoms with Gasteiger partial charge < -0.3 is 10.4 Å². The number of nitrogens with zero attached hydrogens (tertiary/aromatic N) is 1. The molecule has 1 amide bonds. The summed E-state index contributed by atoms with van der Waals surface area (Å²) >= 11 is 0. The van der Waals surface area contributed by atoms with Crippen LogP contribution in [-0.2, 0) is 9.59 Å². The summed E-state index contributed by atoms with van der Waals surface area (Å²) in [5, 5.41) is 20.0. The molecule has 0 spiro atoms. The Bertz CT molecular complexity index is 749. The smallest absolute Gasteiger partial charge is 0.304 e. The molecule has 1 fully saturated rings. The first-order valence-electron chi connectivity index (χ1n) is 8.45. The summed E-state index contributed by atoms with van der Waals surface area (Å²) < 4.78 is 0. The molecule has 128 valence electrons. The Labute approximate surface area is 140 Å². The maximum absolute atomic E-state index is 12.9. The van der Waals surface area contributed by atoms with Crippen LogP contribution in [0.5, 0.6) is 0 Å². The maximum atomic E-state index is 12.9. The first-order chi connectivity index (χ1) is 11.5. The number of carboxylic acid groups (broad SMARTS) is 1. The molecule has 6 heteroatoms. The molecule has 1 saturated carbocycles. The second-order valence-electron chi connectivity index (χ2n) is 6.95. The lowest BCUT2D eigenvalue weighted by Crippen LogP contribution is -2.42. The van der Waals surface area contributed by atoms with Crippen molar-refractivity contribution in [2.24, 2.45) is 11.3 Å². The molecular formula is C18H23N3O3. The van der Waals surface area contributed by atoms with Gasteiger partial charge in [-0.2, -0.15) is 5.10 Å². The monoisotopic (exact) mass is 329 g/mol. The number of anilines is 1. The summed E-state index contributed by atoms with van der Waals surface area (Å²) in [5.41, 5.74) is 0.601. The summed E-state index contributed by atoms with van der Waals surface area (Å²) in [4.78, 5) is 24.3. The van der Waals surface area contributed by atoms with Crippen molar-refractivity contribution in [1.82, 2.24) is 10.2 Å². The van der Waals surface area contributed by atoms with E-state index in [2.05, 4.69) is 15.5 Å². The highest BCUT2D eigenvalue weighted by Gasteiger charge is 2.43. The molecule has 2 aromatic rings. The van der Waals surface area contributed by atoms with Gasteiger partial charge in [0.25, 0.3) is 0 Å². The van der Waals surface area contributed by atoms with Gasteiger partial charge >= 0.3 is 5.97 Å². The Kier molecular flexibility index (Phi) is 4.55. The van der Waals surface area contributed by atoms with Crippen LogP contribution >= 0.6 is 0 Å². The van der Waals surface area contributed by atoms with Crippen LogP contribution in [0.25, 0.3) is 10.9 Å². The third kappa shape index (κ3) is 3.27. The SMILES string of the molecule is C[C@](CC(=O)O)(C(=O)Nc1ccc2cn[nH]c2c1)C1CCCCC1. The molecule has 1 aliphatic rings. The van der Waals surface area contributed by atoms with E-state index >= 15 is 0 Å². The lowest BCUT2D eigenvalue weighted by molar-refractivity contribution is -0.145. The summed E-state index contributed by atoms with van der Waals surface area (Å²) in [7, 11) is 0. The fourth-order valence-corrected chi connectivity index (χ4v) is 3.75. The second kappa shape index (κ2) is 6.63. The van der Waals surface area contributed by atoms with Crippen molar-refractivity contribution >= 4 is 28.5 Å². The molecule has 0 saturated heterocycles. The Morgan fingerprint density at radius 1 is 1.33 bits per heavy atom. The third-order valence-corrected chi connectivity index (χ3v) is 5.24. The number of hydrogen-bond acceptors (Lipinski definition) is 3. The van der Waals surface area contributed by atoms with Gasteiger partial charge in [0.1, 0.15) is 0 Å². The van der Waals surface area contributed by atoms with Gasteiger partial charge in [-0.15, -0.1) is 0 Å². The quantitative estimate of drug-likeness (QED) is 0.781. The molecule has 1 aromatic carbocycles. The summed E-state index contributed by atoms with van der Waals surface area (Å²) in [6.07, 6.45) is 6.69. The number of hydrogen-bond donors (Lipinski definition) is 3. The van der Waals surface area contributed by atoms with E-state index in [-0.39, 0.29) is 18.2 Å². The molecule has 1 heterocycles. The van der Waals surface area contributed by atoms with E-state index in [4.69, 9.17) is 0 Å². The first kappa shape index (κ1) is 16.5. The van der Waals surface area contributed by atoms with Gasteiger partial charge in [-0.1, -0.05) is 19.3 Å². The van der Waals surface area contributed by atoms with Gasteiger partial charge in [-0.3, -0.25) is 14.7 Å². The number of fused-ring (bicyclic) bond motifs is 1. The van der Waals surface area contributed by atoms with Crippen LogP contribution in [0, 0.1) is 11.3 Å². The number of aliphatic carboxylic acids is 1. The molecule has 0 radical (unpaired) electrons. The molecule has 24 heavy (non-hydrogen) atoms. The summed E-state index contributed by atoms with van der Waals surface area (Å²) in [6, 6.07) is 5.52. The van der Waals surface area contributed by atoms with Crippen LogP contribution in [0.1, 0.15) is 45.4 Å². The molecule has 0 unspecified atom stereocenters. The second-order valence-corrected chi connectivity index (χ2v) is 6.95. The number of H-pyrrole nitrogens is 1. The molecule has 6 nitrogen and oxygen atoms in total. The zero-order valence-corrected chi connectivity index (χ0v) is 13.8. The van der Waals surface area contributed by atoms with Gasteiger partial charge in [-0.05, 0) is 43.9 Å². The van der Waals surface area contributed by atoms with Gasteiger partial charge in [-0.25, -0.2) is 0 Å². The lowest BCUT2D eigenvalue weighted by Gasteiger charge is -2.37. The van der Waals surface area contributed by atoms with Gasteiger partial charge in [0.05, 0.1) is 23.5 Å². The minimum Gasteiger partial charge on any atom is -0.481 e. The first-order valence-corrected chi connectivity index (χ1v) is 8.45. The Morgan fingerprint density at radius 3 is 2.79 bits per heavy atom. The van der Waals surface area contributed by atoms with Crippen molar-refractivity contribution in [3.05, 3.63) is 24.4 Å². The fraction of sp³-hybridized carbons (Fsp3) is 0.500. The number of carboxylic acids is 1.